The molecule has 0 aromatic heterocycles. The summed E-state index contributed by atoms with van der Waals surface area (Å²) >= 11 is 0. The average Bonchev–Trinajstić information content (AvgIpc) is 2.30. The van der Waals surface area contributed by atoms with Gasteiger partial charge < -0.3 is 5.32 Å². The minimum Gasteiger partial charge on any atom is -0.316 e. The van der Waals surface area contributed by atoms with Gasteiger partial charge in [0, 0.05) is 19.1 Å². The summed E-state index contributed by atoms with van der Waals surface area (Å²) < 4.78 is 0. The van der Waals surface area contributed by atoms with E-state index in [1.807, 2.05) is 0 Å². The maximum absolute atomic E-state index is 3.58. The first-order chi connectivity index (χ1) is 7.42. The van der Waals surface area contributed by atoms with Crippen LogP contribution in [0.5, 0.6) is 0 Å². The summed E-state index contributed by atoms with van der Waals surface area (Å²) in [6, 6.07) is 0.946. The summed E-state index contributed by atoms with van der Waals surface area (Å²) in [6.45, 7) is 5.32. The standard InChI is InChI=1S/C13H24N2/c1-2-4-13(5-3-1)15-9-11-6-12(10-15)8-14-7-11/h11-14H,1-10H2. The van der Waals surface area contributed by atoms with Crippen molar-refractivity contribution in [3.05, 3.63) is 0 Å². The van der Waals surface area contributed by atoms with Crippen molar-refractivity contribution < 1.29 is 0 Å². The predicted molar refractivity (Wildman–Crippen MR) is 62.9 cm³/mol. The number of rotatable bonds is 1. The minimum atomic E-state index is 0.946. The number of nitrogens with zero attached hydrogens (tertiary/aromatic N) is 1. The van der Waals surface area contributed by atoms with Gasteiger partial charge in [-0.2, -0.15) is 0 Å². The first-order valence-corrected chi connectivity index (χ1v) is 6.86. The van der Waals surface area contributed by atoms with E-state index in [-0.39, 0.29) is 0 Å². The SMILES string of the molecule is C1CCC(N2CC3CNCC(C3)C2)CC1. The summed E-state index contributed by atoms with van der Waals surface area (Å²) in [6.07, 6.45) is 8.90. The molecule has 2 heteroatoms. The fourth-order valence-electron chi connectivity index (χ4n) is 3.89. The van der Waals surface area contributed by atoms with E-state index in [1.165, 1.54) is 64.7 Å². The summed E-state index contributed by atoms with van der Waals surface area (Å²) in [7, 11) is 0. The molecule has 1 N–H and O–H groups in total. The van der Waals surface area contributed by atoms with E-state index in [4.69, 9.17) is 0 Å². The van der Waals surface area contributed by atoms with Crippen molar-refractivity contribution in [2.45, 2.75) is 44.6 Å². The zero-order chi connectivity index (χ0) is 10.1. The van der Waals surface area contributed by atoms with Gasteiger partial charge in [-0.1, -0.05) is 19.3 Å². The van der Waals surface area contributed by atoms with E-state index in [1.54, 1.807) is 0 Å². The molecule has 1 aliphatic carbocycles. The Balaban J connectivity index is 1.61. The number of hydrogen-bond donors (Lipinski definition) is 1. The molecule has 0 spiro atoms. The van der Waals surface area contributed by atoms with E-state index in [0.717, 1.165) is 17.9 Å². The van der Waals surface area contributed by atoms with Crippen molar-refractivity contribution in [2.75, 3.05) is 26.2 Å². The van der Waals surface area contributed by atoms with Crippen molar-refractivity contribution in [3.8, 4) is 0 Å². The fraction of sp³-hybridized carbons (Fsp3) is 1.00. The smallest absolute Gasteiger partial charge is 0.00955 e. The van der Waals surface area contributed by atoms with Gasteiger partial charge in [-0.3, -0.25) is 4.90 Å². The molecule has 1 saturated carbocycles. The molecule has 0 aromatic carbocycles. The molecule has 0 radical (unpaired) electrons. The van der Waals surface area contributed by atoms with Gasteiger partial charge in [0.2, 0.25) is 0 Å². The molecule has 2 aliphatic heterocycles. The van der Waals surface area contributed by atoms with Gasteiger partial charge in [0.25, 0.3) is 0 Å². The van der Waals surface area contributed by atoms with Crippen molar-refractivity contribution in [1.29, 1.82) is 0 Å². The van der Waals surface area contributed by atoms with Crippen LogP contribution in [0.4, 0.5) is 0 Å². The van der Waals surface area contributed by atoms with Crippen molar-refractivity contribution in [3.63, 3.8) is 0 Å². The van der Waals surface area contributed by atoms with Crippen LogP contribution in [0.25, 0.3) is 0 Å². The van der Waals surface area contributed by atoms with Gasteiger partial charge in [0.15, 0.2) is 0 Å². The predicted octanol–water partition coefficient (Wildman–Crippen LogP) is 1.86. The van der Waals surface area contributed by atoms with Crippen LogP contribution in [-0.2, 0) is 0 Å². The van der Waals surface area contributed by atoms with Crippen LogP contribution in [0.1, 0.15) is 38.5 Å². The third-order valence-electron chi connectivity index (χ3n) is 4.61. The molecule has 2 unspecified atom stereocenters. The molecule has 86 valence electrons. The Kier molecular flexibility index (Phi) is 2.98. The molecule has 3 rings (SSSR count). The lowest BCUT2D eigenvalue weighted by Gasteiger charge is -2.46. The Hall–Kier alpha value is -0.0800. The van der Waals surface area contributed by atoms with Crippen molar-refractivity contribution >= 4 is 0 Å². The van der Waals surface area contributed by atoms with Crippen LogP contribution >= 0.6 is 0 Å². The molecule has 2 nitrogen and oxygen atoms in total. The minimum absolute atomic E-state index is 0.946. The first-order valence-electron chi connectivity index (χ1n) is 6.86. The van der Waals surface area contributed by atoms with Crippen LogP contribution in [-0.4, -0.2) is 37.1 Å². The second kappa shape index (κ2) is 4.42. The first kappa shape index (κ1) is 10.1. The number of hydrogen-bond acceptors (Lipinski definition) is 2. The number of piperidine rings is 2. The Morgan fingerprint density at radius 1 is 0.867 bits per heavy atom. The summed E-state index contributed by atoms with van der Waals surface area (Å²) in [5.74, 6) is 1.92. The van der Waals surface area contributed by atoms with E-state index in [0.29, 0.717) is 0 Å². The highest BCUT2D eigenvalue weighted by molar-refractivity contribution is 4.89. The highest BCUT2D eigenvalue weighted by atomic mass is 15.2. The lowest BCUT2D eigenvalue weighted by Crippen LogP contribution is -2.54. The third kappa shape index (κ3) is 2.21. The molecule has 15 heavy (non-hydrogen) atoms. The van der Waals surface area contributed by atoms with E-state index < -0.39 is 0 Å². The molecular formula is C13H24N2. The monoisotopic (exact) mass is 208 g/mol. The Morgan fingerprint density at radius 2 is 1.53 bits per heavy atom. The highest BCUT2D eigenvalue weighted by Gasteiger charge is 2.33. The van der Waals surface area contributed by atoms with Gasteiger partial charge in [-0.05, 0) is 44.2 Å². The quantitative estimate of drug-likeness (QED) is 0.707. The van der Waals surface area contributed by atoms with E-state index in [9.17, 15) is 0 Å². The van der Waals surface area contributed by atoms with E-state index in [2.05, 4.69) is 10.2 Å². The Bertz CT molecular complexity index is 199. The highest BCUT2D eigenvalue weighted by Crippen LogP contribution is 2.30. The van der Waals surface area contributed by atoms with Gasteiger partial charge in [0.05, 0.1) is 0 Å². The van der Waals surface area contributed by atoms with Crippen LogP contribution in [0.3, 0.4) is 0 Å². The summed E-state index contributed by atoms with van der Waals surface area (Å²) in [5.41, 5.74) is 0. The molecule has 2 atom stereocenters. The van der Waals surface area contributed by atoms with Crippen LogP contribution < -0.4 is 5.32 Å². The Morgan fingerprint density at radius 3 is 2.20 bits per heavy atom. The molecular weight excluding hydrogens is 184 g/mol. The lowest BCUT2D eigenvalue weighted by atomic mass is 9.83. The molecule has 0 aromatic rings. The topological polar surface area (TPSA) is 15.3 Å². The maximum atomic E-state index is 3.58. The number of nitrogens with one attached hydrogen (secondary N) is 1. The molecule has 3 fully saturated rings. The molecule has 2 heterocycles. The van der Waals surface area contributed by atoms with Gasteiger partial charge in [-0.25, -0.2) is 0 Å². The third-order valence-corrected chi connectivity index (χ3v) is 4.61. The molecule has 2 saturated heterocycles. The van der Waals surface area contributed by atoms with Crippen molar-refractivity contribution in [2.24, 2.45) is 11.8 Å². The average molecular weight is 208 g/mol. The van der Waals surface area contributed by atoms with Crippen molar-refractivity contribution in [1.82, 2.24) is 10.2 Å². The normalized spacial score (nSPS) is 39.2. The number of likely N-dealkylation sites (tertiary alicyclic amines) is 1. The summed E-state index contributed by atoms with van der Waals surface area (Å²) in [5, 5.41) is 3.58. The van der Waals surface area contributed by atoms with Crippen LogP contribution in [0, 0.1) is 11.8 Å². The largest absolute Gasteiger partial charge is 0.316 e. The van der Waals surface area contributed by atoms with Crippen LogP contribution in [0.2, 0.25) is 0 Å². The van der Waals surface area contributed by atoms with Gasteiger partial charge in [-0.15, -0.1) is 0 Å². The van der Waals surface area contributed by atoms with Crippen LogP contribution in [0.15, 0.2) is 0 Å². The Labute approximate surface area is 93.4 Å². The van der Waals surface area contributed by atoms with E-state index >= 15 is 0 Å². The maximum Gasteiger partial charge on any atom is 0.00955 e. The fourth-order valence-corrected chi connectivity index (χ4v) is 3.89. The zero-order valence-electron chi connectivity index (χ0n) is 9.75. The summed E-state index contributed by atoms with van der Waals surface area (Å²) in [4.78, 5) is 2.83. The number of fused-ring (bicyclic) bond motifs is 2. The molecule has 2 bridgehead atoms. The second-order valence-corrected chi connectivity index (χ2v) is 5.87. The molecule has 0 amide bonds. The van der Waals surface area contributed by atoms with Gasteiger partial charge in [0.1, 0.15) is 0 Å². The van der Waals surface area contributed by atoms with Gasteiger partial charge >= 0.3 is 0 Å². The zero-order valence-corrected chi connectivity index (χ0v) is 9.75. The lowest BCUT2D eigenvalue weighted by molar-refractivity contribution is 0.0480. The molecule has 3 aliphatic rings. The second-order valence-electron chi connectivity index (χ2n) is 5.87.